The van der Waals surface area contributed by atoms with E-state index in [2.05, 4.69) is 5.32 Å². The molecule has 0 bridgehead atoms. The van der Waals surface area contributed by atoms with Gasteiger partial charge in [-0.1, -0.05) is 6.07 Å². The second kappa shape index (κ2) is 7.25. The number of methoxy groups -OCH3 is 1. The molecule has 0 amide bonds. The fourth-order valence-electron chi connectivity index (χ4n) is 1.68. The third-order valence-electron chi connectivity index (χ3n) is 2.68. The van der Waals surface area contributed by atoms with Crippen LogP contribution in [0.4, 0.5) is 4.39 Å². The Hall–Kier alpha value is -1.13. The van der Waals surface area contributed by atoms with Crippen LogP contribution in [0.25, 0.3) is 0 Å². The Balaban J connectivity index is 2.38. The molecule has 17 heavy (non-hydrogen) atoms. The first-order valence-corrected chi connectivity index (χ1v) is 5.86. The van der Waals surface area contributed by atoms with Gasteiger partial charge in [-0.3, -0.25) is 0 Å². The fraction of sp³-hybridized carbons (Fsp3) is 0.538. The normalized spacial score (nSPS) is 12.6. The van der Waals surface area contributed by atoms with Crippen LogP contribution in [0.15, 0.2) is 18.2 Å². The van der Waals surface area contributed by atoms with Gasteiger partial charge in [-0.2, -0.15) is 0 Å². The van der Waals surface area contributed by atoms with E-state index in [1.54, 1.807) is 13.2 Å². The number of benzene rings is 1. The molecule has 4 heteroatoms. The molecule has 96 valence electrons. The molecular weight excluding hydrogens is 221 g/mol. The molecule has 0 aliphatic rings. The van der Waals surface area contributed by atoms with E-state index >= 15 is 0 Å². The Morgan fingerprint density at radius 2 is 2.18 bits per heavy atom. The number of phenols is 1. The Bertz CT molecular complexity index is 344. The molecule has 2 N–H and O–H groups in total. The fourth-order valence-corrected chi connectivity index (χ4v) is 1.68. The summed E-state index contributed by atoms with van der Waals surface area (Å²) >= 11 is 0. The highest BCUT2D eigenvalue weighted by Gasteiger charge is 2.09. The van der Waals surface area contributed by atoms with Gasteiger partial charge in [-0.05, 0) is 32.4 Å². The van der Waals surface area contributed by atoms with Crippen molar-refractivity contribution in [1.82, 2.24) is 5.32 Å². The number of ether oxygens (including phenoxy) is 1. The lowest BCUT2D eigenvalue weighted by Crippen LogP contribution is -2.20. The van der Waals surface area contributed by atoms with Crippen molar-refractivity contribution in [3.8, 4) is 5.75 Å². The molecule has 0 radical (unpaired) electrons. The summed E-state index contributed by atoms with van der Waals surface area (Å²) in [7, 11) is 1.69. The molecule has 1 aromatic carbocycles. The van der Waals surface area contributed by atoms with Gasteiger partial charge in [0.1, 0.15) is 11.6 Å². The summed E-state index contributed by atoms with van der Waals surface area (Å²) in [5.41, 5.74) is 0.721. The zero-order chi connectivity index (χ0) is 12.7. The van der Waals surface area contributed by atoms with Crippen molar-refractivity contribution >= 4 is 0 Å². The highest BCUT2D eigenvalue weighted by molar-refractivity contribution is 5.34. The number of rotatable bonds is 7. The van der Waals surface area contributed by atoms with Crippen LogP contribution < -0.4 is 5.32 Å². The highest BCUT2D eigenvalue weighted by Crippen LogP contribution is 2.24. The summed E-state index contributed by atoms with van der Waals surface area (Å²) < 4.78 is 17.8. The van der Waals surface area contributed by atoms with E-state index in [4.69, 9.17) is 4.74 Å². The van der Waals surface area contributed by atoms with Gasteiger partial charge >= 0.3 is 0 Å². The van der Waals surface area contributed by atoms with Crippen LogP contribution in [0.2, 0.25) is 0 Å². The van der Waals surface area contributed by atoms with E-state index in [1.807, 2.05) is 6.92 Å². The summed E-state index contributed by atoms with van der Waals surface area (Å²) in [5.74, 6) is -0.416. The maximum absolute atomic E-state index is 12.8. The van der Waals surface area contributed by atoms with Crippen molar-refractivity contribution < 1.29 is 14.2 Å². The summed E-state index contributed by atoms with van der Waals surface area (Å²) in [6.45, 7) is 3.56. The molecule has 0 aromatic heterocycles. The van der Waals surface area contributed by atoms with Gasteiger partial charge in [0, 0.05) is 31.4 Å². The van der Waals surface area contributed by atoms with E-state index < -0.39 is 5.82 Å². The van der Waals surface area contributed by atoms with Crippen LogP contribution in [0.3, 0.4) is 0 Å². The van der Waals surface area contributed by atoms with Crippen molar-refractivity contribution in [1.29, 1.82) is 0 Å². The van der Waals surface area contributed by atoms with Gasteiger partial charge in [-0.25, -0.2) is 4.39 Å². The van der Waals surface area contributed by atoms with Crippen molar-refractivity contribution in [2.24, 2.45) is 0 Å². The minimum Gasteiger partial charge on any atom is -0.508 e. The summed E-state index contributed by atoms with van der Waals surface area (Å²) in [6, 6.07) is 4.12. The van der Waals surface area contributed by atoms with Crippen LogP contribution in [-0.2, 0) is 4.74 Å². The van der Waals surface area contributed by atoms with Crippen molar-refractivity contribution in [2.75, 3.05) is 20.3 Å². The first kappa shape index (κ1) is 13.9. The minimum atomic E-state index is -0.418. The molecule has 1 unspecified atom stereocenters. The van der Waals surface area contributed by atoms with Gasteiger partial charge in [0.2, 0.25) is 0 Å². The third-order valence-corrected chi connectivity index (χ3v) is 2.68. The average molecular weight is 241 g/mol. The second-order valence-electron chi connectivity index (χ2n) is 4.08. The van der Waals surface area contributed by atoms with Crippen LogP contribution in [0, 0.1) is 5.82 Å². The molecule has 0 heterocycles. The topological polar surface area (TPSA) is 41.5 Å². The predicted molar refractivity (Wildman–Crippen MR) is 65.6 cm³/mol. The summed E-state index contributed by atoms with van der Waals surface area (Å²) in [6.07, 6.45) is 2.02. The first-order chi connectivity index (χ1) is 8.15. The van der Waals surface area contributed by atoms with Crippen LogP contribution in [0.5, 0.6) is 5.75 Å². The monoisotopic (exact) mass is 241 g/mol. The number of phenolic OH excluding ortho intramolecular Hbond substituents is 1. The van der Waals surface area contributed by atoms with Crippen molar-refractivity contribution in [3.63, 3.8) is 0 Å². The Labute approximate surface area is 102 Å². The van der Waals surface area contributed by atoms with E-state index in [0.717, 1.165) is 37.6 Å². The lowest BCUT2D eigenvalue weighted by Gasteiger charge is -2.15. The molecule has 0 saturated heterocycles. The summed E-state index contributed by atoms with van der Waals surface area (Å²) in [4.78, 5) is 0. The third kappa shape index (κ3) is 4.71. The van der Waals surface area contributed by atoms with E-state index in [1.165, 1.54) is 6.07 Å². The maximum atomic E-state index is 12.8. The molecule has 0 spiro atoms. The van der Waals surface area contributed by atoms with E-state index in [-0.39, 0.29) is 11.8 Å². The van der Waals surface area contributed by atoms with Gasteiger partial charge in [0.25, 0.3) is 0 Å². The average Bonchev–Trinajstić information content (AvgIpc) is 2.28. The smallest absolute Gasteiger partial charge is 0.126 e. The van der Waals surface area contributed by atoms with Gasteiger partial charge in [0.15, 0.2) is 0 Å². The van der Waals surface area contributed by atoms with E-state index in [9.17, 15) is 9.50 Å². The number of hydrogen-bond acceptors (Lipinski definition) is 3. The predicted octanol–water partition coefficient (Wildman–Crippen LogP) is 2.61. The Kier molecular flexibility index (Phi) is 5.94. The molecule has 3 nitrogen and oxygen atoms in total. The number of halogens is 1. The molecule has 1 atom stereocenters. The van der Waals surface area contributed by atoms with Gasteiger partial charge in [0.05, 0.1) is 0 Å². The number of nitrogens with one attached hydrogen (secondary N) is 1. The molecule has 0 aliphatic heterocycles. The van der Waals surface area contributed by atoms with E-state index in [0.29, 0.717) is 0 Å². The first-order valence-electron chi connectivity index (χ1n) is 5.86. The lowest BCUT2D eigenvalue weighted by atomic mass is 10.1. The number of aromatic hydroxyl groups is 1. The quantitative estimate of drug-likeness (QED) is 0.721. The highest BCUT2D eigenvalue weighted by atomic mass is 19.1. The molecule has 1 rings (SSSR count). The zero-order valence-corrected chi connectivity index (χ0v) is 10.4. The maximum Gasteiger partial charge on any atom is 0.126 e. The molecule has 0 aliphatic carbocycles. The molecule has 0 saturated carbocycles. The number of hydrogen-bond donors (Lipinski definition) is 2. The molecular formula is C13H20FNO2. The minimum absolute atomic E-state index is 0.00175. The zero-order valence-electron chi connectivity index (χ0n) is 10.4. The SMILES string of the molecule is COCCCCNC(C)c1ccc(F)cc1O. The lowest BCUT2D eigenvalue weighted by molar-refractivity contribution is 0.192. The number of unbranched alkanes of at least 4 members (excludes halogenated alkanes) is 1. The van der Waals surface area contributed by atoms with Crippen molar-refractivity contribution in [2.45, 2.75) is 25.8 Å². The second-order valence-corrected chi connectivity index (χ2v) is 4.08. The molecule has 1 aromatic rings. The van der Waals surface area contributed by atoms with Crippen molar-refractivity contribution in [3.05, 3.63) is 29.6 Å². The van der Waals surface area contributed by atoms with Crippen LogP contribution in [-0.4, -0.2) is 25.4 Å². The molecule has 0 fully saturated rings. The Morgan fingerprint density at radius 1 is 1.41 bits per heavy atom. The summed E-state index contributed by atoms with van der Waals surface area (Å²) in [5, 5.41) is 12.9. The largest absolute Gasteiger partial charge is 0.508 e. The van der Waals surface area contributed by atoms with Gasteiger partial charge in [-0.15, -0.1) is 0 Å². The van der Waals surface area contributed by atoms with Gasteiger partial charge < -0.3 is 15.2 Å². The Morgan fingerprint density at radius 3 is 2.82 bits per heavy atom. The van der Waals surface area contributed by atoms with Crippen LogP contribution in [0.1, 0.15) is 31.4 Å². The standard InChI is InChI=1S/C13H20FNO2/c1-10(15-7-3-4-8-17-2)12-6-5-11(14)9-13(12)16/h5-6,9-10,15-16H,3-4,7-8H2,1-2H3. The van der Waals surface area contributed by atoms with Crippen LogP contribution >= 0.6 is 0 Å².